The molecule has 2 unspecified atom stereocenters. The highest BCUT2D eigenvalue weighted by Crippen LogP contribution is 2.20. The molecule has 0 saturated heterocycles. The largest absolute Gasteiger partial charge is 0.466 e. The fourth-order valence-electron chi connectivity index (χ4n) is 15.6. The zero-order chi connectivity index (χ0) is 77.6. The van der Waals surface area contributed by atoms with Crippen molar-refractivity contribution in [1.29, 1.82) is 0 Å². The molecule has 0 amide bonds. The topological polar surface area (TPSA) is 129 Å². The molecule has 11 nitrogen and oxygen atoms in total. The second-order valence-electron chi connectivity index (χ2n) is 33.6. The van der Waals surface area contributed by atoms with Crippen LogP contribution in [0.5, 0.6) is 0 Å². The third kappa shape index (κ3) is 84.7. The SMILES string of the molecule is CCCCCCCCCCCCCCCOC(=O)/C=C/CCCC(O)CN(CCCCCCCCCCCCCC)CCCCN(CCCCCCCCCCCCCC)CC(O)CN(CCCC(=O)OCCCCCCCCCCCCCCC)CCCC(=O)OCCCCCCCCCCCCCCC. The molecule has 0 spiro atoms. The Kier molecular flexibility index (Phi) is 87.8. The number of nitrogens with zero attached hydrogens (tertiary/aromatic N) is 3. The van der Waals surface area contributed by atoms with Gasteiger partial charge < -0.3 is 39.1 Å². The van der Waals surface area contributed by atoms with Gasteiger partial charge in [0, 0.05) is 38.6 Å². The molecule has 0 aliphatic rings. The van der Waals surface area contributed by atoms with Crippen LogP contribution in [0.25, 0.3) is 0 Å². The van der Waals surface area contributed by atoms with Crippen LogP contribution in [-0.2, 0) is 28.6 Å². The van der Waals surface area contributed by atoms with Crippen LogP contribution in [0.1, 0.15) is 497 Å². The third-order valence-electron chi connectivity index (χ3n) is 22.6. The summed E-state index contributed by atoms with van der Waals surface area (Å²) in [6.45, 7) is 19.9. The van der Waals surface area contributed by atoms with Crippen molar-refractivity contribution in [1.82, 2.24) is 14.7 Å². The molecule has 107 heavy (non-hydrogen) atoms. The van der Waals surface area contributed by atoms with Crippen LogP contribution < -0.4 is 0 Å². The summed E-state index contributed by atoms with van der Waals surface area (Å²) >= 11 is 0. The van der Waals surface area contributed by atoms with Crippen molar-refractivity contribution in [2.75, 3.05) is 78.7 Å². The molecule has 2 N–H and O–H groups in total. The van der Waals surface area contributed by atoms with E-state index in [1.54, 1.807) is 6.08 Å². The average Bonchev–Trinajstić information content (AvgIpc) is 0.955. The highest BCUT2D eigenvalue weighted by atomic mass is 16.5. The van der Waals surface area contributed by atoms with E-state index >= 15 is 0 Å². The number of esters is 3. The van der Waals surface area contributed by atoms with Crippen molar-refractivity contribution in [3.63, 3.8) is 0 Å². The molecule has 0 rings (SSSR count). The Morgan fingerprint density at radius 2 is 0.458 bits per heavy atom. The fraction of sp³-hybridized carbons (Fsp3) is 0.948. The maximum absolute atomic E-state index is 13.1. The van der Waals surface area contributed by atoms with Crippen LogP contribution in [0.4, 0.5) is 0 Å². The summed E-state index contributed by atoms with van der Waals surface area (Å²) in [5.41, 5.74) is 0. The lowest BCUT2D eigenvalue weighted by atomic mass is 10.0. The van der Waals surface area contributed by atoms with Gasteiger partial charge in [0.2, 0.25) is 0 Å². The predicted molar refractivity (Wildman–Crippen MR) is 464 cm³/mol. The summed E-state index contributed by atoms with van der Waals surface area (Å²) in [6, 6.07) is 0. The molecule has 0 heterocycles. The molecule has 0 fully saturated rings. The molecule has 0 aromatic carbocycles. The molecule has 0 aromatic rings. The second-order valence-corrected chi connectivity index (χ2v) is 33.6. The van der Waals surface area contributed by atoms with Gasteiger partial charge in [0.25, 0.3) is 0 Å². The van der Waals surface area contributed by atoms with Gasteiger partial charge in [-0.3, -0.25) is 9.59 Å². The minimum Gasteiger partial charge on any atom is -0.466 e. The van der Waals surface area contributed by atoms with Gasteiger partial charge in [0.1, 0.15) is 0 Å². The summed E-state index contributed by atoms with van der Waals surface area (Å²) < 4.78 is 17.1. The monoisotopic (exact) mass is 1510 g/mol. The van der Waals surface area contributed by atoms with Gasteiger partial charge in [-0.2, -0.15) is 0 Å². The maximum atomic E-state index is 13.1. The van der Waals surface area contributed by atoms with E-state index in [1.807, 2.05) is 6.08 Å². The lowest BCUT2D eigenvalue weighted by Gasteiger charge is -2.30. The van der Waals surface area contributed by atoms with Gasteiger partial charge in [-0.15, -0.1) is 0 Å². The number of carbonyl (C=O) groups is 3. The lowest BCUT2D eigenvalue weighted by Crippen LogP contribution is -2.42. The lowest BCUT2D eigenvalue weighted by molar-refractivity contribution is -0.144. The number of hydrogen-bond acceptors (Lipinski definition) is 11. The Bertz CT molecular complexity index is 1740. The molecular weight excluding hydrogens is 1320 g/mol. The molecule has 11 heteroatoms. The minimum atomic E-state index is -0.566. The smallest absolute Gasteiger partial charge is 0.330 e. The average molecular weight is 1510 g/mol. The molecule has 636 valence electrons. The molecule has 0 aromatic heterocycles. The van der Waals surface area contributed by atoms with Crippen LogP contribution in [0.3, 0.4) is 0 Å². The van der Waals surface area contributed by atoms with Crippen molar-refractivity contribution in [3.05, 3.63) is 12.2 Å². The highest BCUT2D eigenvalue weighted by Gasteiger charge is 2.19. The minimum absolute atomic E-state index is 0.130. The summed E-state index contributed by atoms with van der Waals surface area (Å²) in [4.78, 5) is 46.1. The zero-order valence-electron chi connectivity index (χ0n) is 72.9. The van der Waals surface area contributed by atoms with Crippen LogP contribution in [-0.4, -0.2) is 134 Å². The predicted octanol–water partition coefficient (Wildman–Crippen LogP) is 28.0. The first-order valence-electron chi connectivity index (χ1n) is 48.4. The molecule has 0 saturated carbocycles. The number of hydrogen-bond donors (Lipinski definition) is 2. The maximum Gasteiger partial charge on any atom is 0.330 e. The van der Waals surface area contributed by atoms with E-state index in [2.05, 4.69) is 49.3 Å². The summed E-state index contributed by atoms with van der Waals surface area (Å²) in [6.07, 6.45) is 91.1. The van der Waals surface area contributed by atoms with Gasteiger partial charge in [-0.25, -0.2) is 4.79 Å². The van der Waals surface area contributed by atoms with Gasteiger partial charge in [0.15, 0.2) is 0 Å². The van der Waals surface area contributed by atoms with Gasteiger partial charge in [-0.1, -0.05) is 413 Å². The first-order chi connectivity index (χ1) is 52.7. The standard InChI is InChI=1S/C96H189N3O8/c1-6-11-16-21-26-31-36-41-46-51-56-61-71-86-105-94(102)77-66-64-65-76-92(100)89-97(80-67-59-54-49-44-39-34-29-24-19-14-9-4)82-69-70-83-98(81-68-60-55-50-45-40-35-30-25-20-15-10-5)90-93(101)91-99(84-74-78-95(103)106-87-72-62-57-52-47-42-37-32-27-22-17-12-7-2)85-75-79-96(104)107-88-73-63-58-53-48-43-38-33-28-23-18-13-8-3/h66,77,92-93,100-101H,6-65,67-76,78-91H2,1-5H3/b77-66+. The van der Waals surface area contributed by atoms with Crippen molar-refractivity contribution in [2.45, 2.75) is 509 Å². The van der Waals surface area contributed by atoms with E-state index < -0.39 is 12.2 Å². The van der Waals surface area contributed by atoms with Crippen LogP contribution in [0.2, 0.25) is 0 Å². The number of unbranched alkanes of at least 4 members (excludes halogenated alkanes) is 60. The van der Waals surface area contributed by atoms with Crippen molar-refractivity contribution >= 4 is 17.9 Å². The van der Waals surface area contributed by atoms with Crippen molar-refractivity contribution in [3.8, 4) is 0 Å². The van der Waals surface area contributed by atoms with E-state index in [4.69, 9.17) is 14.2 Å². The molecule has 0 aliphatic heterocycles. The molecular formula is C96H189N3O8. The first kappa shape index (κ1) is 105. The molecule has 0 radical (unpaired) electrons. The summed E-state index contributed by atoms with van der Waals surface area (Å²) in [7, 11) is 0. The van der Waals surface area contributed by atoms with E-state index in [-0.39, 0.29) is 17.9 Å². The quantitative estimate of drug-likeness (QED) is 0.0261. The second kappa shape index (κ2) is 89.5. The molecule has 2 atom stereocenters. The zero-order valence-corrected chi connectivity index (χ0v) is 72.9. The summed E-state index contributed by atoms with van der Waals surface area (Å²) in [5, 5.41) is 23.6. The number of aliphatic hydroxyl groups excluding tert-OH is 2. The highest BCUT2D eigenvalue weighted by molar-refractivity contribution is 5.81. The molecule has 0 bridgehead atoms. The van der Waals surface area contributed by atoms with Crippen LogP contribution >= 0.6 is 0 Å². The number of rotatable bonds is 92. The Morgan fingerprint density at radius 3 is 0.720 bits per heavy atom. The summed E-state index contributed by atoms with van der Waals surface area (Å²) in [5.74, 6) is -0.506. The van der Waals surface area contributed by atoms with E-state index in [1.165, 1.54) is 353 Å². The van der Waals surface area contributed by atoms with Crippen LogP contribution in [0, 0.1) is 0 Å². The van der Waals surface area contributed by atoms with E-state index in [9.17, 15) is 24.6 Å². The van der Waals surface area contributed by atoms with Crippen LogP contribution in [0.15, 0.2) is 12.2 Å². The van der Waals surface area contributed by atoms with Crippen molar-refractivity contribution in [2.24, 2.45) is 0 Å². The van der Waals surface area contributed by atoms with E-state index in [0.29, 0.717) is 84.6 Å². The van der Waals surface area contributed by atoms with Gasteiger partial charge in [-0.05, 0) is 116 Å². The number of ether oxygens (including phenoxy) is 3. The Balaban J connectivity index is 5.77. The normalized spacial score (nSPS) is 12.5. The van der Waals surface area contributed by atoms with Crippen molar-refractivity contribution < 1.29 is 38.8 Å². The Morgan fingerprint density at radius 1 is 0.252 bits per heavy atom. The molecule has 0 aliphatic carbocycles. The van der Waals surface area contributed by atoms with Gasteiger partial charge >= 0.3 is 17.9 Å². The Hall–Kier alpha value is -2.05. The number of allylic oxidation sites excluding steroid dienone is 1. The fourth-order valence-corrected chi connectivity index (χ4v) is 15.6. The van der Waals surface area contributed by atoms with Gasteiger partial charge in [0.05, 0.1) is 32.0 Å². The Labute approximate surface area is 667 Å². The third-order valence-corrected chi connectivity index (χ3v) is 22.6. The van der Waals surface area contributed by atoms with E-state index in [0.717, 1.165) is 103 Å². The number of aliphatic hydroxyl groups is 2. The first-order valence-corrected chi connectivity index (χ1v) is 48.4. The number of carbonyl (C=O) groups excluding carboxylic acids is 3.